The van der Waals surface area contributed by atoms with Crippen LogP contribution in [0.15, 0.2) is 15.8 Å². The van der Waals surface area contributed by atoms with Crippen LogP contribution in [0.3, 0.4) is 0 Å². The van der Waals surface area contributed by atoms with E-state index in [1.54, 1.807) is 0 Å². The van der Waals surface area contributed by atoms with Crippen molar-refractivity contribution >= 4 is 35.2 Å². The van der Waals surface area contributed by atoms with Crippen LogP contribution in [0.5, 0.6) is 0 Å². The average molecular weight is 588 g/mol. The number of phosphoric ester groups is 1. The van der Waals surface area contributed by atoms with Crippen LogP contribution in [0.4, 0.5) is 0 Å². The van der Waals surface area contributed by atoms with E-state index in [0.29, 0.717) is 11.8 Å². The first-order chi connectivity index (χ1) is 13.1. The molecule has 1 aliphatic rings. The van der Waals surface area contributed by atoms with E-state index >= 15 is 0 Å². The number of rotatable bonds is 8. The Morgan fingerprint density at radius 1 is 0.939 bits per heavy atom. The monoisotopic (exact) mass is 588 g/mol. The van der Waals surface area contributed by atoms with Crippen molar-refractivity contribution in [3.63, 3.8) is 0 Å². The fourth-order valence-corrected chi connectivity index (χ4v) is 6.69. The molecule has 6 atom stereocenters. The molecule has 0 spiro atoms. The molecule has 4 N–H and O–H groups in total. The van der Waals surface area contributed by atoms with Crippen molar-refractivity contribution in [3.05, 3.63) is 32.6 Å². The largest absolute Gasteiger partial charge is 1.00 e. The minimum Gasteiger partial charge on any atom is -0.790 e. The summed E-state index contributed by atoms with van der Waals surface area (Å²) >= 11 is 0.663. The van der Waals surface area contributed by atoms with E-state index in [9.17, 15) is 53.1 Å². The Bertz CT molecular complexity index is 1020. The molecule has 1 fully saturated rings. The third kappa shape index (κ3) is 13.3. The van der Waals surface area contributed by atoms with Crippen LogP contribution >= 0.6 is 35.2 Å². The second-order valence-electron chi connectivity index (χ2n) is 5.40. The standard InChI is InChI=1S/C9H15N2O14P3S.4Na/c12-5-4(2-23-27(19,20)25-28(21,22)24-26(16,17)18)29-7(6(5)13)3-1-10-9(15)11-8(3)14;;;;/h1,4-7,12-13H,2H2,(H,19,20)(H,21,22)(H2,16,17,18)(H2,10,11,14,15);;;;/q;4*+1/p-4/t4-,5-,6-,7+;;;;/m1..../s1. The maximum absolute atomic E-state index is 11.8. The van der Waals surface area contributed by atoms with Crippen molar-refractivity contribution < 1.29 is 175 Å². The molecule has 0 aliphatic carbocycles. The first kappa shape index (κ1) is 40.9. The molecule has 1 aromatic rings. The van der Waals surface area contributed by atoms with E-state index in [4.69, 9.17) is 0 Å². The number of hydrogen-bond acceptors (Lipinski definition) is 15. The predicted octanol–water partition coefficient (Wildman–Crippen LogP) is -16.2. The number of aliphatic hydroxyl groups is 2. The number of phosphoric acid groups is 3. The second-order valence-corrected chi connectivity index (χ2v) is 11.0. The minimum absolute atomic E-state index is 0. The van der Waals surface area contributed by atoms with Gasteiger partial charge >= 0.3 is 124 Å². The predicted molar refractivity (Wildman–Crippen MR) is 84.8 cm³/mol. The van der Waals surface area contributed by atoms with Gasteiger partial charge in [0, 0.05) is 11.8 Å². The first-order valence-corrected chi connectivity index (χ1v) is 12.5. The maximum atomic E-state index is 11.8. The summed E-state index contributed by atoms with van der Waals surface area (Å²) in [6.45, 7) is -0.978. The minimum atomic E-state index is -6.13. The van der Waals surface area contributed by atoms with Crippen LogP contribution in [0.1, 0.15) is 10.8 Å². The summed E-state index contributed by atoms with van der Waals surface area (Å²) in [5.74, 6) is 0. The molecule has 0 aromatic carbocycles. The molecule has 24 heteroatoms. The van der Waals surface area contributed by atoms with Gasteiger partial charge in [-0.05, 0) is 0 Å². The Labute approximate surface area is 278 Å². The Kier molecular flexibility index (Phi) is 20.4. The zero-order valence-electron chi connectivity index (χ0n) is 17.6. The van der Waals surface area contributed by atoms with Crippen LogP contribution in [0.2, 0.25) is 0 Å². The third-order valence-corrected chi connectivity index (χ3v) is 8.57. The van der Waals surface area contributed by atoms with Crippen LogP contribution in [-0.2, 0) is 26.8 Å². The molecule has 1 aliphatic heterocycles. The number of nitrogens with one attached hydrogen (secondary N) is 2. The molecule has 16 nitrogen and oxygen atoms in total. The van der Waals surface area contributed by atoms with Gasteiger partial charge in [-0.3, -0.25) is 23.2 Å². The topological polar surface area (TPSA) is 277 Å². The zero-order chi connectivity index (χ0) is 22.2. The number of aromatic nitrogens is 2. The number of H-pyrrole nitrogens is 2. The van der Waals surface area contributed by atoms with Gasteiger partial charge in [-0.1, -0.05) is 0 Å². The summed E-state index contributed by atoms with van der Waals surface area (Å²) < 4.78 is 43.4. The van der Waals surface area contributed by atoms with Crippen molar-refractivity contribution in [2.24, 2.45) is 0 Å². The molecule has 1 aromatic heterocycles. The number of hydrogen-bond donors (Lipinski definition) is 4. The summed E-state index contributed by atoms with van der Waals surface area (Å²) in [5, 5.41) is 17.7. The van der Waals surface area contributed by atoms with Gasteiger partial charge in [0.15, 0.2) is 0 Å². The van der Waals surface area contributed by atoms with E-state index in [1.807, 2.05) is 4.98 Å². The van der Waals surface area contributed by atoms with Crippen molar-refractivity contribution in [3.8, 4) is 0 Å². The van der Waals surface area contributed by atoms with Crippen LogP contribution in [0.25, 0.3) is 0 Å². The Hall–Kier alpha value is 3.36. The molecule has 1 saturated heterocycles. The summed E-state index contributed by atoms with van der Waals surface area (Å²) in [7, 11) is -18.0. The van der Waals surface area contributed by atoms with Gasteiger partial charge in [0.2, 0.25) is 0 Å². The summed E-state index contributed by atoms with van der Waals surface area (Å²) in [5.41, 5.74) is -1.85. The Morgan fingerprint density at radius 2 is 1.48 bits per heavy atom. The van der Waals surface area contributed by atoms with E-state index in [-0.39, 0.29) is 124 Å². The molecular formula is C9H11N2Na4O14P3S. The molecule has 166 valence electrons. The molecular weight excluding hydrogens is 577 g/mol. The number of aliphatic hydroxyl groups excluding tert-OH is 2. The number of aromatic amines is 2. The molecule has 0 amide bonds. The SMILES string of the molecule is O=c1[nH]cc([C@@H]2S[C@H](COP(=O)([O-])OP(=O)([O-])OP(=O)([O-])[O-])[C@@H](O)[C@H]2O)c(=O)[nH]1.[Na+].[Na+].[Na+].[Na+]. The van der Waals surface area contributed by atoms with E-state index in [2.05, 4.69) is 18.1 Å². The van der Waals surface area contributed by atoms with Crippen molar-refractivity contribution in [1.82, 2.24) is 9.97 Å². The smallest absolute Gasteiger partial charge is 0.790 e. The van der Waals surface area contributed by atoms with Crippen molar-refractivity contribution in [2.45, 2.75) is 22.7 Å². The molecule has 33 heavy (non-hydrogen) atoms. The van der Waals surface area contributed by atoms with E-state index in [0.717, 1.165) is 6.20 Å². The van der Waals surface area contributed by atoms with Gasteiger partial charge in [-0.25, -0.2) is 9.11 Å². The zero-order valence-corrected chi connectivity index (χ0v) is 29.1. The number of thioether (sulfide) groups is 1. The fourth-order valence-electron chi connectivity index (χ4n) is 2.22. The van der Waals surface area contributed by atoms with Gasteiger partial charge in [0.05, 0.1) is 37.1 Å². The fraction of sp³-hybridized carbons (Fsp3) is 0.556. The maximum Gasteiger partial charge on any atom is 1.00 e. The Balaban J connectivity index is -0.00000225. The summed E-state index contributed by atoms with van der Waals surface area (Å²) in [4.78, 5) is 70.0. The second kappa shape index (κ2) is 16.5. The van der Waals surface area contributed by atoms with Crippen molar-refractivity contribution in [1.29, 1.82) is 0 Å². The summed E-state index contributed by atoms with van der Waals surface area (Å²) in [6, 6.07) is 0. The molecule has 0 radical (unpaired) electrons. The molecule has 0 bridgehead atoms. The van der Waals surface area contributed by atoms with Gasteiger partial charge in [-0.2, -0.15) is 0 Å². The average Bonchev–Trinajstić information content (AvgIpc) is 2.78. The van der Waals surface area contributed by atoms with Crippen LogP contribution in [-0.4, -0.2) is 44.2 Å². The molecule has 2 heterocycles. The van der Waals surface area contributed by atoms with E-state index < -0.39 is 64.0 Å². The van der Waals surface area contributed by atoms with Gasteiger partial charge < -0.3 is 43.9 Å². The normalized spacial score (nSPS) is 25.8. The van der Waals surface area contributed by atoms with Crippen LogP contribution in [0, 0.1) is 0 Å². The van der Waals surface area contributed by atoms with E-state index in [1.165, 1.54) is 0 Å². The molecule has 2 rings (SSSR count). The van der Waals surface area contributed by atoms with Gasteiger partial charge in [-0.15, -0.1) is 11.8 Å². The van der Waals surface area contributed by atoms with Gasteiger partial charge in [0.25, 0.3) is 21.2 Å². The Morgan fingerprint density at radius 3 is 1.97 bits per heavy atom. The van der Waals surface area contributed by atoms with Gasteiger partial charge in [0.1, 0.15) is 0 Å². The quantitative estimate of drug-likeness (QED) is 0.162. The van der Waals surface area contributed by atoms with Crippen LogP contribution < -0.4 is 149 Å². The summed E-state index contributed by atoms with van der Waals surface area (Å²) in [6.07, 6.45) is -2.28. The first-order valence-electron chi connectivity index (χ1n) is 7.15. The molecule has 2 unspecified atom stereocenters. The third-order valence-electron chi connectivity index (χ3n) is 3.31. The van der Waals surface area contributed by atoms with Crippen molar-refractivity contribution in [2.75, 3.05) is 6.61 Å². The molecule has 0 saturated carbocycles.